The molecule has 0 bridgehead atoms. The molecule has 4 heteroatoms. The number of carbonyl (C=O) groups excluding carboxylic acids is 1. The van der Waals surface area contributed by atoms with E-state index in [1.165, 1.54) is 11.8 Å². The Balaban J connectivity index is 1.96. The Labute approximate surface area is 107 Å². The average molecular weight is 246 g/mol. The van der Waals surface area contributed by atoms with Crippen LogP contribution < -0.4 is 9.64 Å². The molecule has 0 spiro atoms. The fraction of sp³-hybridized carbons (Fsp3) is 0.357. The molecule has 1 aliphatic heterocycles. The van der Waals surface area contributed by atoms with Gasteiger partial charge in [-0.15, -0.1) is 0 Å². The third-order valence-electron chi connectivity index (χ3n) is 3.20. The van der Waals surface area contributed by atoms with Crippen molar-refractivity contribution in [3.8, 4) is 5.75 Å². The first-order chi connectivity index (χ1) is 8.74. The third kappa shape index (κ3) is 2.64. The molecular weight excluding hydrogens is 228 g/mol. The van der Waals surface area contributed by atoms with Gasteiger partial charge in [-0.1, -0.05) is 6.58 Å². The van der Waals surface area contributed by atoms with E-state index in [2.05, 4.69) is 11.5 Å². The van der Waals surface area contributed by atoms with E-state index in [0.29, 0.717) is 0 Å². The molecule has 18 heavy (non-hydrogen) atoms. The summed E-state index contributed by atoms with van der Waals surface area (Å²) < 4.78 is 5.14. The third-order valence-corrected chi connectivity index (χ3v) is 3.20. The Morgan fingerprint density at radius 3 is 2.33 bits per heavy atom. The van der Waals surface area contributed by atoms with Crippen LogP contribution >= 0.6 is 0 Å². The van der Waals surface area contributed by atoms with Gasteiger partial charge in [0.2, 0.25) is 5.91 Å². The minimum absolute atomic E-state index is 0.0179. The first-order valence-corrected chi connectivity index (χ1v) is 6.05. The first-order valence-electron chi connectivity index (χ1n) is 6.05. The van der Waals surface area contributed by atoms with Gasteiger partial charge in [0, 0.05) is 31.9 Å². The van der Waals surface area contributed by atoms with Crippen LogP contribution in [0.1, 0.15) is 0 Å². The van der Waals surface area contributed by atoms with E-state index >= 15 is 0 Å². The lowest BCUT2D eigenvalue weighted by molar-refractivity contribution is -0.126. The zero-order chi connectivity index (χ0) is 13.0. The largest absolute Gasteiger partial charge is 0.497 e. The van der Waals surface area contributed by atoms with E-state index in [1.54, 1.807) is 7.11 Å². The molecule has 0 aromatic heterocycles. The summed E-state index contributed by atoms with van der Waals surface area (Å²) in [5, 5.41) is 0. The van der Waals surface area contributed by atoms with Crippen LogP contribution in [0.25, 0.3) is 0 Å². The number of piperazine rings is 1. The highest BCUT2D eigenvalue weighted by Crippen LogP contribution is 2.20. The van der Waals surface area contributed by atoms with Gasteiger partial charge in [-0.3, -0.25) is 4.79 Å². The number of benzene rings is 1. The second-order valence-electron chi connectivity index (χ2n) is 4.21. The highest BCUT2D eigenvalue weighted by molar-refractivity contribution is 5.87. The Hall–Kier alpha value is -1.97. The number of methoxy groups -OCH3 is 1. The number of ether oxygens (including phenoxy) is 1. The van der Waals surface area contributed by atoms with Crippen molar-refractivity contribution in [1.29, 1.82) is 0 Å². The molecule has 0 atom stereocenters. The van der Waals surface area contributed by atoms with Crippen molar-refractivity contribution in [2.75, 3.05) is 38.2 Å². The molecule has 0 unspecified atom stereocenters. The van der Waals surface area contributed by atoms with Gasteiger partial charge < -0.3 is 14.5 Å². The van der Waals surface area contributed by atoms with Gasteiger partial charge in [-0.05, 0) is 30.3 Å². The van der Waals surface area contributed by atoms with Gasteiger partial charge in [0.15, 0.2) is 0 Å². The fourth-order valence-electron chi connectivity index (χ4n) is 2.11. The predicted molar refractivity (Wildman–Crippen MR) is 72.0 cm³/mol. The minimum Gasteiger partial charge on any atom is -0.497 e. The highest BCUT2D eigenvalue weighted by atomic mass is 16.5. The van der Waals surface area contributed by atoms with Crippen LogP contribution in [0, 0.1) is 0 Å². The molecule has 0 N–H and O–H groups in total. The molecule has 0 saturated carbocycles. The van der Waals surface area contributed by atoms with Crippen LogP contribution in [0.3, 0.4) is 0 Å². The lowest BCUT2D eigenvalue weighted by Gasteiger charge is -2.35. The van der Waals surface area contributed by atoms with Crippen LogP contribution in [0.4, 0.5) is 5.69 Å². The smallest absolute Gasteiger partial charge is 0.246 e. The van der Waals surface area contributed by atoms with Gasteiger partial charge in [0.05, 0.1) is 7.11 Å². The molecule has 1 amide bonds. The average Bonchev–Trinajstić information content (AvgIpc) is 2.47. The number of hydrogen-bond donors (Lipinski definition) is 0. The van der Waals surface area contributed by atoms with Crippen LogP contribution in [0.2, 0.25) is 0 Å². The SMILES string of the molecule is C=CC(=O)N1CCN(c2ccc(OC)cc2)CC1. The molecular formula is C14H18N2O2. The molecule has 1 heterocycles. The summed E-state index contributed by atoms with van der Waals surface area (Å²) in [5.74, 6) is 0.878. The Kier molecular flexibility index (Phi) is 3.87. The molecule has 1 saturated heterocycles. The zero-order valence-corrected chi connectivity index (χ0v) is 10.6. The fourth-order valence-corrected chi connectivity index (χ4v) is 2.11. The number of anilines is 1. The van der Waals surface area contributed by atoms with E-state index in [1.807, 2.05) is 29.2 Å². The number of amides is 1. The standard InChI is InChI=1S/C14H18N2O2/c1-3-14(17)16-10-8-15(9-11-16)12-4-6-13(18-2)7-5-12/h3-7H,1,8-11H2,2H3. The number of hydrogen-bond acceptors (Lipinski definition) is 3. The monoisotopic (exact) mass is 246 g/mol. The van der Waals surface area contributed by atoms with E-state index < -0.39 is 0 Å². The quantitative estimate of drug-likeness (QED) is 0.758. The van der Waals surface area contributed by atoms with Crippen molar-refractivity contribution in [2.24, 2.45) is 0 Å². The molecule has 1 fully saturated rings. The summed E-state index contributed by atoms with van der Waals surface area (Å²) in [6.07, 6.45) is 1.38. The molecule has 2 rings (SSSR count). The maximum absolute atomic E-state index is 11.5. The maximum atomic E-state index is 11.5. The summed E-state index contributed by atoms with van der Waals surface area (Å²) >= 11 is 0. The number of rotatable bonds is 3. The summed E-state index contributed by atoms with van der Waals surface area (Å²) in [7, 11) is 1.66. The van der Waals surface area contributed by atoms with Crippen molar-refractivity contribution in [3.63, 3.8) is 0 Å². The van der Waals surface area contributed by atoms with Gasteiger partial charge in [0.25, 0.3) is 0 Å². The van der Waals surface area contributed by atoms with E-state index in [4.69, 9.17) is 4.74 Å². The minimum atomic E-state index is 0.0179. The van der Waals surface area contributed by atoms with Gasteiger partial charge >= 0.3 is 0 Å². The highest BCUT2D eigenvalue weighted by Gasteiger charge is 2.19. The summed E-state index contributed by atoms with van der Waals surface area (Å²) in [5.41, 5.74) is 1.17. The van der Waals surface area contributed by atoms with Gasteiger partial charge in [-0.2, -0.15) is 0 Å². The van der Waals surface area contributed by atoms with E-state index in [-0.39, 0.29) is 5.91 Å². The second-order valence-corrected chi connectivity index (χ2v) is 4.21. The van der Waals surface area contributed by atoms with Crippen LogP contribution in [-0.2, 0) is 4.79 Å². The Bertz CT molecular complexity index is 420. The lowest BCUT2D eigenvalue weighted by atomic mass is 10.2. The van der Waals surface area contributed by atoms with Crippen molar-refractivity contribution < 1.29 is 9.53 Å². The van der Waals surface area contributed by atoms with Crippen LogP contribution in [0.5, 0.6) is 5.75 Å². The van der Waals surface area contributed by atoms with Crippen molar-refractivity contribution in [1.82, 2.24) is 4.90 Å². The number of nitrogens with zero attached hydrogens (tertiary/aromatic N) is 2. The summed E-state index contributed by atoms with van der Waals surface area (Å²) in [4.78, 5) is 15.6. The molecule has 0 radical (unpaired) electrons. The molecule has 4 nitrogen and oxygen atoms in total. The first kappa shape index (κ1) is 12.5. The maximum Gasteiger partial charge on any atom is 0.246 e. The topological polar surface area (TPSA) is 32.8 Å². The lowest BCUT2D eigenvalue weighted by Crippen LogP contribution is -2.48. The van der Waals surface area contributed by atoms with E-state index in [9.17, 15) is 4.79 Å². The summed E-state index contributed by atoms with van der Waals surface area (Å²) in [6, 6.07) is 8.00. The zero-order valence-electron chi connectivity index (χ0n) is 10.6. The molecule has 0 aliphatic carbocycles. The van der Waals surface area contributed by atoms with E-state index in [0.717, 1.165) is 31.9 Å². The Morgan fingerprint density at radius 1 is 1.22 bits per heavy atom. The number of carbonyl (C=O) groups is 1. The normalized spacial score (nSPS) is 15.4. The van der Waals surface area contributed by atoms with Crippen LogP contribution in [0.15, 0.2) is 36.9 Å². The predicted octanol–water partition coefficient (Wildman–Crippen LogP) is 1.53. The van der Waals surface area contributed by atoms with Crippen molar-refractivity contribution >= 4 is 11.6 Å². The molecule has 1 aliphatic rings. The van der Waals surface area contributed by atoms with Gasteiger partial charge in [0.1, 0.15) is 5.75 Å². The molecule has 96 valence electrons. The molecule has 1 aromatic rings. The van der Waals surface area contributed by atoms with Crippen LogP contribution in [-0.4, -0.2) is 44.1 Å². The van der Waals surface area contributed by atoms with Gasteiger partial charge in [-0.25, -0.2) is 0 Å². The molecule has 1 aromatic carbocycles. The van der Waals surface area contributed by atoms with Crippen molar-refractivity contribution in [3.05, 3.63) is 36.9 Å². The van der Waals surface area contributed by atoms with Crippen molar-refractivity contribution in [2.45, 2.75) is 0 Å². The summed E-state index contributed by atoms with van der Waals surface area (Å²) in [6.45, 7) is 6.71. The Morgan fingerprint density at radius 2 is 1.83 bits per heavy atom. The second kappa shape index (κ2) is 5.58.